The Kier molecular flexibility index (Phi) is 6.46. The molecule has 4 rings (SSSR count). The van der Waals surface area contributed by atoms with Crippen molar-refractivity contribution in [2.75, 3.05) is 22.9 Å². The highest BCUT2D eigenvalue weighted by atomic mass is 19.4. The first-order valence-electron chi connectivity index (χ1n) is 11.7. The molecular weight excluding hydrogens is 458 g/mol. The van der Waals surface area contributed by atoms with Crippen molar-refractivity contribution in [3.8, 4) is 0 Å². The number of aryl methyl sites for hydroxylation is 1. The molecule has 1 unspecified atom stereocenters. The summed E-state index contributed by atoms with van der Waals surface area (Å²) in [6, 6.07) is 2.10. The molecule has 4 nitrogen and oxygen atoms in total. The average Bonchev–Trinajstić information content (AvgIpc) is 3.11. The van der Waals surface area contributed by atoms with Gasteiger partial charge in [-0.25, -0.2) is 9.97 Å². The molecule has 3 heterocycles. The maximum absolute atomic E-state index is 13.9. The first kappa shape index (κ1) is 24.6. The largest absolute Gasteiger partial charge is 0.418 e. The lowest BCUT2D eigenvalue weighted by atomic mass is 9.94. The summed E-state index contributed by atoms with van der Waals surface area (Å²) in [5.74, 6) is 1.64. The van der Waals surface area contributed by atoms with Crippen molar-refractivity contribution >= 4 is 17.3 Å². The lowest BCUT2D eigenvalue weighted by Crippen LogP contribution is -2.35. The molecule has 1 aromatic carbocycles. The van der Waals surface area contributed by atoms with E-state index in [1.165, 1.54) is 4.90 Å². The van der Waals surface area contributed by atoms with Gasteiger partial charge in [-0.2, -0.15) is 26.3 Å². The molecule has 0 amide bonds. The number of benzene rings is 1. The molecule has 2 aliphatic heterocycles. The second kappa shape index (κ2) is 8.92. The van der Waals surface area contributed by atoms with Gasteiger partial charge in [0.25, 0.3) is 0 Å². The van der Waals surface area contributed by atoms with Gasteiger partial charge in [0.05, 0.1) is 16.8 Å². The number of anilines is 3. The summed E-state index contributed by atoms with van der Waals surface area (Å²) in [5.41, 5.74) is -2.13. The Labute approximate surface area is 195 Å². The second-order valence-electron chi connectivity index (χ2n) is 9.08. The molecule has 2 aromatic rings. The molecule has 0 bridgehead atoms. The summed E-state index contributed by atoms with van der Waals surface area (Å²) in [5, 5.41) is 0. The van der Waals surface area contributed by atoms with Crippen molar-refractivity contribution < 1.29 is 26.3 Å². The fourth-order valence-electron chi connectivity index (χ4n) is 5.24. The van der Waals surface area contributed by atoms with Crippen LogP contribution in [0.3, 0.4) is 0 Å². The van der Waals surface area contributed by atoms with Gasteiger partial charge < -0.3 is 9.80 Å². The monoisotopic (exact) mass is 486 g/mol. The van der Waals surface area contributed by atoms with Gasteiger partial charge in [-0.1, -0.05) is 26.7 Å². The minimum absolute atomic E-state index is 0.0850. The molecule has 10 heteroatoms. The molecule has 0 fully saturated rings. The summed E-state index contributed by atoms with van der Waals surface area (Å²) in [6.45, 7) is 6.91. The van der Waals surface area contributed by atoms with E-state index >= 15 is 0 Å². The average molecular weight is 487 g/mol. The third-order valence-electron chi connectivity index (χ3n) is 6.68. The first-order valence-corrected chi connectivity index (χ1v) is 11.7. The van der Waals surface area contributed by atoms with Gasteiger partial charge in [-0.05, 0) is 44.4 Å². The van der Waals surface area contributed by atoms with Gasteiger partial charge >= 0.3 is 12.4 Å². The molecule has 2 aliphatic rings. The number of aromatic nitrogens is 2. The SMILES string of the molecule is CCCC(CCC)N1CC2CCN(c3ccc(C(F)(F)F)cc3C(F)(F)F)c3nc(C)nc1c32. The maximum Gasteiger partial charge on any atom is 0.418 e. The number of rotatable bonds is 6. The fraction of sp³-hybridized carbons (Fsp3) is 0.583. The highest BCUT2D eigenvalue weighted by Crippen LogP contribution is 2.50. The molecule has 0 saturated carbocycles. The van der Waals surface area contributed by atoms with Crippen LogP contribution in [0.15, 0.2) is 18.2 Å². The van der Waals surface area contributed by atoms with Crippen LogP contribution in [-0.4, -0.2) is 29.1 Å². The van der Waals surface area contributed by atoms with E-state index in [0.717, 1.165) is 49.7 Å². The van der Waals surface area contributed by atoms with Crippen LogP contribution in [0.2, 0.25) is 0 Å². The van der Waals surface area contributed by atoms with Crippen molar-refractivity contribution in [1.29, 1.82) is 0 Å². The van der Waals surface area contributed by atoms with Crippen LogP contribution >= 0.6 is 0 Å². The van der Waals surface area contributed by atoms with Gasteiger partial charge in [0.15, 0.2) is 0 Å². The first-order chi connectivity index (χ1) is 16.0. The number of hydrogen-bond acceptors (Lipinski definition) is 4. The predicted molar refractivity (Wildman–Crippen MR) is 119 cm³/mol. The maximum atomic E-state index is 13.9. The van der Waals surface area contributed by atoms with Crippen molar-refractivity contribution in [3.63, 3.8) is 0 Å². The van der Waals surface area contributed by atoms with Gasteiger partial charge in [0.1, 0.15) is 17.5 Å². The Hall–Kier alpha value is -2.52. The van der Waals surface area contributed by atoms with Crippen LogP contribution < -0.4 is 9.80 Å². The summed E-state index contributed by atoms with van der Waals surface area (Å²) < 4.78 is 81.2. The topological polar surface area (TPSA) is 32.3 Å². The van der Waals surface area contributed by atoms with Crippen molar-refractivity contribution in [3.05, 3.63) is 40.7 Å². The van der Waals surface area contributed by atoms with Crippen molar-refractivity contribution in [1.82, 2.24) is 9.97 Å². The van der Waals surface area contributed by atoms with Crippen LogP contribution in [0.4, 0.5) is 43.7 Å². The van der Waals surface area contributed by atoms with E-state index in [-0.39, 0.29) is 30.3 Å². The highest BCUT2D eigenvalue weighted by Gasteiger charge is 2.44. The van der Waals surface area contributed by atoms with Gasteiger partial charge in [0, 0.05) is 30.6 Å². The molecule has 0 radical (unpaired) electrons. The molecule has 1 aromatic heterocycles. The summed E-state index contributed by atoms with van der Waals surface area (Å²) in [7, 11) is 0. The zero-order chi connectivity index (χ0) is 24.8. The highest BCUT2D eigenvalue weighted by molar-refractivity contribution is 5.75. The van der Waals surface area contributed by atoms with E-state index in [4.69, 9.17) is 0 Å². The Morgan fingerprint density at radius 1 is 0.971 bits per heavy atom. The molecule has 1 atom stereocenters. The zero-order valence-corrected chi connectivity index (χ0v) is 19.4. The van der Waals surface area contributed by atoms with E-state index in [9.17, 15) is 26.3 Å². The van der Waals surface area contributed by atoms with E-state index in [1.54, 1.807) is 6.92 Å². The van der Waals surface area contributed by atoms with E-state index in [0.29, 0.717) is 24.1 Å². The predicted octanol–water partition coefficient (Wildman–Crippen LogP) is 7.24. The van der Waals surface area contributed by atoms with Crippen LogP contribution in [0.5, 0.6) is 0 Å². The Morgan fingerprint density at radius 2 is 1.62 bits per heavy atom. The fourth-order valence-corrected chi connectivity index (χ4v) is 5.24. The van der Waals surface area contributed by atoms with Gasteiger partial charge in [-0.15, -0.1) is 0 Å². The lowest BCUT2D eigenvalue weighted by Gasteiger charge is -2.34. The van der Waals surface area contributed by atoms with Crippen LogP contribution in [-0.2, 0) is 12.4 Å². The molecule has 0 saturated heterocycles. The normalized spacial score (nSPS) is 18.1. The Morgan fingerprint density at radius 3 is 2.21 bits per heavy atom. The number of alkyl halides is 6. The Bertz CT molecular complexity index is 1040. The minimum atomic E-state index is -4.95. The second-order valence-corrected chi connectivity index (χ2v) is 9.08. The smallest absolute Gasteiger partial charge is 0.353 e. The van der Waals surface area contributed by atoms with E-state index in [1.807, 2.05) is 0 Å². The summed E-state index contributed by atoms with van der Waals surface area (Å²) in [4.78, 5) is 12.9. The Balaban J connectivity index is 1.84. The summed E-state index contributed by atoms with van der Waals surface area (Å²) in [6.07, 6.45) is -5.26. The molecule has 34 heavy (non-hydrogen) atoms. The van der Waals surface area contributed by atoms with E-state index in [2.05, 4.69) is 28.7 Å². The number of nitrogens with zero attached hydrogens (tertiary/aromatic N) is 4. The number of hydrogen-bond donors (Lipinski definition) is 0. The van der Waals surface area contributed by atoms with Gasteiger partial charge in [-0.3, -0.25) is 0 Å². The molecular formula is C24H28F6N4. The van der Waals surface area contributed by atoms with Gasteiger partial charge in [0.2, 0.25) is 0 Å². The van der Waals surface area contributed by atoms with Crippen LogP contribution in [0, 0.1) is 6.92 Å². The van der Waals surface area contributed by atoms with Crippen molar-refractivity contribution in [2.24, 2.45) is 0 Å². The minimum Gasteiger partial charge on any atom is -0.353 e. The molecule has 0 spiro atoms. The molecule has 186 valence electrons. The van der Waals surface area contributed by atoms with E-state index < -0.39 is 23.5 Å². The summed E-state index contributed by atoms with van der Waals surface area (Å²) >= 11 is 0. The lowest BCUT2D eigenvalue weighted by molar-refractivity contribution is -0.142. The standard InChI is InChI=1S/C24H28F6N4/c1-4-6-17(7-5-2)34-13-15-10-11-33(21-20(15)22(34)32-14(3)31-21)19-9-8-16(23(25,26)27)12-18(19)24(28,29)30/h8-9,12,15,17H,4-7,10-11,13H2,1-3H3. The third-order valence-corrected chi connectivity index (χ3v) is 6.68. The third kappa shape index (κ3) is 4.43. The van der Waals surface area contributed by atoms with Crippen LogP contribution in [0.25, 0.3) is 0 Å². The quantitative estimate of drug-likeness (QED) is 0.403. The van der Waals surface area contributed by atoms with Crippen LogP contribution in [0.1, 0.15) is 74.4 Å². The molecule has 0 N–H and O–H groups in total. The number of halogens is 6. The zero-order valence-electron chi connectivity index (χ0n) is 19.4. The van der Waals surface area contributed by atoms with Crippen molar-refractivity contribution in [2.45, 2.75) is 77.2 Å². The molecule has 0 aliphatic carbocycles.